The van der Waals surface area contributed by atoms with Crippen LogP contribution < -0.4 is 0 Å². The van der Waals surface area contributed by atoms with Crippen molar-refractivity contribution in [3.05, 3.63) is 0 Å². The molecular weight excluding hydrogens is 225 g/mol. The number of ketones is 3. The molecule has 16 heavy (non-hydrogen) atoms. The fourth-order valence-electron chi connectivity index (χ4n) is 1.85. The highest BCUT2D eigenvalue weighted by Crippen LogP contribution is 2.36. The molecule has 0 amide bonds. The number of hydrogen-bond donors (Lipinski definition) is 0. The van der Waals surface area contributed by atoms with Crippen LogP contribution in [0.3, 0.4) is 0 Å². The van der Waals surface area contributed by atoms with E-state index >= 15 is 0 Å². The minimum atomic E-state index is -5.13. The Kier molecular flexibility index (Phi) is 2.96. The molecule has 0 aliphatic heterocycles. The van der Waals surface area contributed by atoms with Gasteiger partial charge in [-0.15, -0.1) is 0 Å². The average Bonchev–Trinajstić information content (AvgIpc) is 1.97. The van der Waals surface area contributed by atoms with E-state index in [1.165, 1.54) is 0 Å². The minimum absolute atomic E-state index is 0.175. The van der Waals surface area contributed by atoms with Gasteiger partial charge in [-0.05, 0) is 5.41 Å². The second-order valence-electron chi connectivity index (χ2n) is 4.75. The van der Waals surface area contributed by atoms with Crippen molar-refractivity contribution in [3.8, 4) is 0 Å². The summed E-state index contributed by atoms with van der Waals surface area (Å²) in [6.07, 6.45) is -5.48. The third-order valence-electron chi connectivity index (χ3n) is 2.49. The van der Waals surface area contributed by atoms with Gasteiger partial charge in [-0.3, -0.25) is 14.4 Å². The second kappa shape index (κ2) is 3.68. The zero-order chi connectivity index (χ0) is 12.7. The molecule has 1 aliphatic carbocycles. The molecule has 0 N–H and O–H groups in total. The van der Waals surface area contributed by atoms with Crippen LogP contribution >= 0.6 is 0 Å². The zero-order valence-electron chi connectivity index (χ0n) is 8.85. The summed E-state index contributed by atoms with van der Waals surface area (Å²) in [7, 11) is 0. The van der Waals surface area contributed by atoms with E-state index < -0.39 is 34.9 Å². The monoisotopic (exact) mass is 236 g/mol. The van der Waals surface area contributed by atoms with Gasteiger partial charge in [0.25, 0.3) is 5.78 Å². The summed E-state index contributed by atoms with van der Waals surface area (Å²) in [5.74, 6) is -6.22. The van der Waals surface area contributed by atoms with Crippen LogP contribution in [0.25, 0.3) is 0 Å². The van der Waals surface area contributed by atoms with Gasteiger partial charge < -0.3 is 0 Å². The average molecular weight is 236 g/mol. The largest absolute Gasteiger partial charge is 0.451 e. The molecule has 0 aromatic rings. The molecule has 0 saturated heterocycles. The second-order valence-corrected chi connectivity index (χ2v) is 4.75. The van der Waals surface area contributed by atoms with Crippen LogP contribution in [-0.2, 0) is 14.4 Å². The Morgan fingerprint density at radius 2 is 1.56 bits per heavy atom. The van der Waals surface area contributed by atoms with Gasteiger partial charge in [0.2, 0.25) is 0 Å². The molecule has 1 aliphatic rings. The van der Waals surface area contributed by atoms with E-state index in [0.717, 1.165) is 0 Å². The molecule has 3 nitrogen and oxygen atoms in total. The lowest BCUT2D eigenvalue weighted by molar-refractivity contribution is -0.179. The lowest BCUT2D eigenvalue weighted by Crippen LogP contribution is -2.46. The number of Topliss-reactive ketones (excluding diaryl/α,β-unsaturated/α-hetero) is 3. The molecule has 0 bridgehead atoms. The minimum Gasteiger partial charge on any atom is -0.298 e. The molecule has 0 aromatic carbocycles. The molecule has 0 radical (unpaired) electrons. The summed E-state index contributed by atoms with van der Waals surface area (Å²) in [6, 6.07) is 0. The van der Waals surface area contributed by atoms with Crippen molar-refractivity contribution in [2.45, 2.75) is 32.9 Å². The van der Waals surface area contributed by atoms with Gasteiger partial charge in [-0.2, -0.15) is 13.2 Å². The van der Waals surface area contributed by atoms with Crippen molar-refractivity contribution in [2.75, 3.05) is 0 Å². The Bertz CT molecular complexity index is 335. The SMILES string of the molecule is CC1(C)CC(=O)C(C(=O)C(F)(F)F)C(=O)C1. The van der Waals surface area contributed by atoms with Gasteiger partial charge in [-0.1, -0.05) is 13.8 Å². The van der Waals surface area contributed by atoms with Gasteiger partial charge in [-0.25, -0.2) is 0 Å². The quantitative estimate of drug-likeness (QED) is 0.651. The predicted molar refractivity (Wildman–Crippen MR) is 47.6 cm³/mol. The summed E-state index contributed by atoms with van der Waals surface area (Å²) >= 11 is 0. The Morgan fingerprint density at radius 3 is 1.88 bits per heavy atom. The van der Waals surface area contributed by atoms with E-state index in [-0.39, 0.29) is 12.8 Å². The topological polar surface area (TPSA) is 51.2 Å². The summed E-state index contributed by atoms with van der Waals surface area (Å²) in [5.41, 5.74) is -0.656. The van der Waals surface area contributed by atoms with Crippen molar-refractivity contribution in [2.24, 2.45) is 11.3 Å². The lowest BCUT2D eigenvalue weighted by atomic mass is 9.70. The first kappa shape index (κ1) is 12.9. The number of alkyl halides is 3. The highest BCUT2D eigenvalue weighted by molar-refractivity contribution is 6.22. The summed E-state index contributed by atoms with van der Waals surface area (Å²) in [4.78, 5) is 33.6. The van der Waals surface area contributed by atoms with Gasteiger partial charge in [0, 0.05) is 12.8 Å². The fourth-order valence-corrected chi connectivity index (χ4v) is 1.85. The Balaban J connectivity index is 2.96. The lowest BCUT2D eigenvalue weighted by Gasteiger charge is -2.31. The van der Waals surface area contributed by atoms with E-state index in [1.807, 2.05) is 0 Å². The maximum Gasteiger partial charge on any atom is 0.451 e. The van der Waals surface area contributed by atoms with Crippen molar-refractivity contribution < 1.29 is 27.6 Å². The Labute approximate surface area is 90.0 Å². The van der Waals surface area contributed by atoms with E-state index in [2.05, 4.69) is 0 Å². The molecular formula is C10H11F3O3. The van der Waals surface area contributed by atoms with Crippen molar-refractivity contribution >= 4 is 17.3 Å². The first-order valence-electron chi connectivity index (χ1n) is 4.71. The Hall–Kier alpha value is -1.20. The van der Waals surface area contributed by atoms with Crippen LogP contribution in [0.15, 0.2) is 0 Å². The highest BCUT2D eigenvalue weighted by Gasteiger charge is 2.52. The number of hydrogen-bond acceptors (Lipinski definition) is 3. The van der Waals surface area contributed by atoms with Gasteiger partial charge in [0.15, 0.2) is 11.6 Å². The summed E-state index contributed by atoms with van der Waals surface area (Å²) < 4.78 is 36.4. The van der Waals surface area contributed by atoms with Crippen LogP contribution in [0.2, 0.25) is 0 Å². The first-order chi connectivity index (χ1) is 7.04. The van der Waals surface area contributed by atoms with Crippen LogP contribution in [-0.4, -0.2) is 23.5 Å². The molecule has 0 spiro atoms. The molecule has 1 saturated carbocycles. The maximum atomic E-state index is 12.1. The van der Waals surface area contributed by atoms with Crippen molar-refractivity contribution in [1.82, 2.24) is 0 Å². The van der Waals surface area contributed by atoms with Crippen molar-refractivity contribution in [1.29, 1.82) is 0 Å². The smallest absolute Gasteiger partial charge is 0.298 e. The van der Waals surface area contributed by atoms with Crippen molar-refractivity contribution in [3.63, 3.8) is 0 Å². The number of carbonyl (C=O) groups is 3. The Morgan fingerprint density at radius 1 is 1.19 bits per heavy atom. The molecule has 1 rings (SSSR count). The molecule has 90 valence electrons. The normalized spacial score (nSPS) is 22.3. The number of halogens is 3. The van der Waals surface area contributed by atoms with Gasteiger partial charge >= 0.3 is 6.18 Å². The van der Waals surface area contributed by atoms with Gasteiger partial charge in [0.1, 0.15) is 5.92 Å². The van der Waals surface area contributed by atoms with Crippen LogP contribution in [0.4, 0.5) is 13.2 Å². The van der Waals surface area contributed by atoms with E-state index in [9.17, 15) is 27.6 Å². The van der Waals surface area contributed by atoms with Crippen LogP contribution in [0.1, 0.15) is 26.7 Å². The fraction of sp³-hybridized carbons (Fsp3) is 0.700. The first-order valence-corrected chi connectivity index (χ1v) is 4.71. The van der Waals surface area contributed by atoms with Crippen LogP contribution in [0.5, 0.6) is 0 Å². The summed E-state index contributed by atoms with van der Waals surface area (Å²) in [5, 5.41) is 0. The summed E-state index contributed by atoms with van der Waals surface area (Å²) in [6.45, 7) is 3.22. The molecule has 0 aromatic heterocycles. The number of rotatable bonds is 1. The number of carbonyl (C=O) groups excluding carboxylic acids is 3. The third-order valence-corrected chi connectivity index (χ3v) is 2.49. The molecule has 0 atom stereocenters. The highest BCUT2D eigenvalue weighted by atomic mass is 19.4. The van der Waals surface area contributed by atoms with E-state index in [4.69, 9.17) is 0 Å². The third kappa shape index (κ3) is 2.48. The predicted octanol–water partition coefficient (Wildman–Crippen LogP) is 1.69. The van der Waals surface area contributed by atoms with E-state index in [0.29, 0.717) is 0 Å². The maximum absolute atomic E-state index is 12.1. The van der Waals surface area contributed by atoms with Crippen LogP contribution in [0, 0.1) is 11.3 Å². The molecule has 6 heteroatoms. The molecule has 0 heterocycles. The van der Waals surface area contributed by atoms with Gasteiger partial charge in [0.05, 0.1) is 0 Å². The zero-order valence-corrected chi connectivity index (χ0v) is 8.85. The standard InChI is InChI=1S/C10H11F3O3/c1-9(2)3-5(14)7(6(15)4-9)8(16)10(11,12)13/h7H,3-4H2,1-2H3. The molecule has 0 unspecified atom stereocenters. The van der Waals surface area contributed by atoms with E-state index in [1.54, 1.807) is 13.8 Å². The molecule has 1 fully saturated rings.